The summed E-state index contributed by atoms with van der Waals surface area (Å²) in [5.41, 5.74) is 0.899. The molecule has 0 bridgehead atoms. The Morgan fingerprint density at radius 2 is 1.93 bits per heavy atom. The van der Waals surface area contributed by atoms with Crippen molar-refractivity contribution in [3.8, 4) is 11.5 Å². The number of nitrogens with zero attached hydrogens (tertiary/aromatic N) is 4. The lowest BCUT2D eigenvalue weighted by Crippen LogP contribution is -2.49. The highest BCUT2D eigenvalue weighted by atomic mass is 35.5. The standard InChI is InChI=1S/C19H24ClN5O4/c1-23-19(27)18(20)15(11-21-23)25-8-6-24(7-9-25)12-17(26)22-14-5-4-13(28-2)10-16(14)29-3/h4-5,10-11H,6-9,12H2,1-3H3,(H,22,26). The molecule has 10 heteroatoms. The summed E-state index contributed by atoms with van der Waals surface area (Å²) in [6.45, 7) is 2.88. The van der Waals surface area contributed by atoms with E-state index in [-0.39, 0.29) is 23.0 Å². The second-order valence-electron chi connectivity index (χ2n) is 6.65. The summed E-state index contributed by atoms with van der Waals surface area (Å²) in [4.78, 5) is 28.5. The molecule has 0 radical (unpaired) electrons. The van der Waals surface area contributed by atoms with Gasteiger partial charge in [-0.3, -0.25) is 14.5 Å². The van der Waals surface area contributed by atoms with E-state index in [1.165, 1.54) is 4.68 Å². The van der Waals surface area contributed by atoms with Crippen LogP contribution in [-0.2, 0) is 11.8 Å². The number of piperazine rings is 1. The van der Waals surface area contributed by atoms with Crippen LogP contribution in [0.2, 0.25) is 5.02 Å². The molecule has 1 aromatic heterocycles. The van der Waals surface area contributed by atoms with Gasteiger partial charge in [0, 0.05) is 39.3 Å². The topological polar surface area (TPSA) is 88.9 Å². The van der Waals surface area contributed by atoms with Crippen LogP contribution >= 0.6 is 11.6 Å². The molecule has 1 N–H and O–H groups in total. The van der Waals surface area contributed by atoms with Gasteiger partial charge in [0.1, 0.15) is 16.5 Å². The molecule has 9 nitrogen and oxygen atoms in total. The fourth-order valence-electron chi connectivity index (χ4n) is 3.16. The van der Waals surface area contributed by atoms with E-state index in [0.717, 1.165) is 0 Å². The number of halogens is 1. The quantitative estimate of drug-likeness (QED) is 0.749. The minimum atomic E-state index is -0.320. The number of ether oxygens (including phenoxy) is 2. The van der Waals surface area contributed by atoms with E-state index < -0.39 is 0 Å². The molecule has 0 unspecified atom stereocenters. The zero-order valence-corrected chi connectivity index (χ0v) is 17.4. The maximum absolute atomic E-state index is 12.5. The van der Waals surface area contributed by atoms with Gasteiger partial charge >= 0.3 is 0 Å². The number of hydrogen-bond acceptors (Lipinski definition) is 7. The molecule has 29 heavy (non-hydrogen) atoms. The fourth-order valence-corrected chi connectivity index (χ4v) is 3.45. The molecular weight excluding hydrogens is 398 g/mol. The van der Waals surface area contributed by atoms with Gasteiger partial charge < -0.3 is 19.7 Å². The molecule has 1 fully saturated rings. The van der Waals surface area contributed by atoms with E-state index >= 15 is 0 Å². The molecule has 1 aromatic carbocycles. The predicted molar refractivity (Wildman–Crippen MR) is 111 cm³/mol. The molecule has 1 amide bonds. The third kappa shape index (κ3) is 4.80. The number of benzene rings is 1. The summed E-state index contributed by atoms with van der Waals surface area (Å²) in [6.07, 6.45) is 1.60. The van der Waals surface area contributed by atoms with Gasteiger partial charge in [-0.2, -0.15) is 5.10 Å². The van der Waals surface area contributed by atoms with Crippen LogP contribution in [0.3, 0.4) is 0 Å². The molecule has 3 rings (SSSR count). The second kappa shape index (κ2) is 9.15. The number of amides is 1. The number of carbonyl (C=O) groups excluding carboxylic acids is 1. The smallest absolute Gasteiger partial charge is 0.287 e. The highest BCUT2D eigenvalue weighted by molar-refractivity contribution is 6.33. The Balaban J connectivity index is 1.56. The highest BCUT2D eigenvalue weighted by Crippen LogP contribution is 2.29. The van der Waals surface area contributed by atoms with E-state index in [4.69, 9.17) is 21.1 Å². The van der Waals surface area contributed by atoms with E-state index in [9.17, 15) is 9.59 Å². The van der Waals surface area contributed by atoms with Crippen LogP contribution in [0.1, 0.15) is 0 Å². The first-order valence-electron chi connectivity index (χ1n) is 9.14. The fraction of sp³-hybridized carbons (Fsp3) is 0.421. The summed E-state index contributed by atoms with van der Waals surface area (Å²) in [6, 6.07) is 5.23. The van der Waals surface area contributed by atoms with Crippen molar-refractivity contribution in [3.05, 3.63) is 39.8 Å². The lowest BCUT2D eigenvalue weighted by molar-refractivity contribution is -0.117. The number of nitrogens with one attached hydrogen (secondary N) is 1. The Morgan fingerprint density at radius 1 is 1.21 bits per heavy atom. The molecule has 0 spiro atoms. The number of anilines is 2. The highest BCUT2D eigenvalue weighted by Gasteiger charge is 2.22. The molecular formula is C19H24ClN5O4. The minimum Gasteiger partial charge on any atom is -0.497 e. The maximum atomic E-state index is 12.5. The first kappa shape index (κ1) is 20.9. The Labute approximate surface area is 173 Å². The molecule has 1 aliphatic heterocycles. The number of rotatable bonds is 6. The molecule has 1 aliphatic rings. The average Bonchev–Trinajstić information content (AvgIpc) is 2.73. The van der Waals surface area contributed by atoms with Gasteiger partial charge in [0.05, 0.1) is 38.3 Å². The zero-order valence-electron chi connectivity index (χ0n) is 16.6. The predicted octanol–water partition coefficient (Wildman–Crippen LogP) is 1.21. The minimum absolute atomic E-state index is 0.129. The molecule has 0 atom stereocenters. The lowest BCUT2D eigenvalue weighted by atomic mass is 10.2. The third-order valence-corrected chi connectivity index (χ3v) is 5.18. The number of carbonyl (C=O) groups is 1. The number of aromatic nitrogens is 2. The van der Waals surface area contributed by atoms with Gasteiger partial charge in [0.2, 0.25) is 5.91 Å². The van der Waals surface area contributed by atoms with Crippen LogP contribution in [0.4, 0.5) is 11.4 Å². The first-order valence-corrected chi connectivity index (χ1v) is 9.51. The number of aryl methyl sites for hydroxylation is 1. The van der Waals surface area contributed by atoms with Crippen molar-refractivity contribution in [2.24, 2.45) is 7.05 Å². The number of hydrogen-bond donors (Lipinski definition) is 1. The monoisotopic (exact) mass is 421 g/mol. The van der Waals surface area contributed by atoms with Crippen LogP contribution in [0.25, 0.3) is 0 Å². The third-order valence-electron chi connectivity index (χ3n) is 4.82. The Bertz CT molecular complexity index is 941. The Morgan fingerprint density at radius 3 is 2.59 bits per heavy atom. The van der Waals surface area contributed by atoms with Crippen molar-refractivity contribution in [2.45, 2.75) is 0 Å². The first-order chi connectivity index (χ1) is 13.9. The number of methoxy groups -OCH3 is 2. The summed E-state index contributed by atoms with van der Waals surface area (Å²) in [5, 5.41) is 7.08. The van der Waals surface area contributed by atoms with Gasteiger partial charge in [-0.15, -0.1) is 0 Å². The van der Waals surface area contributed by atoms with Crippen molar-refractivity contribution in [2.75, 3.05) is 57.2 Å². The summed E-state index contributed by atoms with van der Waals surface area (Å²) >= 11 is 6.18. The van der Waals surface area contributed by atoms with Crippen LogP contribution in [0, 0.1) is 0 Å². The van der Waals surface area contributed by atoms with E-state index in [2.05, 4.69) is 10.4 Å². The molecule has 0 aliphatic carbocycles. The Hall–Kier alpha value is -2.78. The molecule has 1 saturated heterocycles. The van der Waals surface area contributed by atoms with Gasteiger partial charge in [-0.05, 0) is 12.1 Å². The van der Waals surface area contributed by atoms with E-state index in [1.54, 1.807) is 45.7 Å². The molecule has 156 valence electrons. The zero-order chi connectivity index (χ0) is 21.0. The van der Waals surface area contributed by atoms with Crippen LogP contribution < -0.4 is 25.2 Å². The molecule has 0 saturated carbocycles. The van der Waals surface area contributed by atoms with Gasteiger partial charge in [0.25, 0.3) is 5.56 Å². The van der Waals surface area contributed by atoms with Gasteiger partial charge in [-0.25, -0.2) is 4.68 Å². The van der Waals surface area contributed by atoms with Gasteiger partial charge in [-0.1, -0.05) is 11.6 Å². The summed E-state index contributed by atoms with van der Waals surface area (Å²) in [7, 11) is 4.68. The largest absolute Gasteiger partial charge is 0.497 e. The van der Waals surface area contributed by atoms with E-state index in [0.29, 0.717) is 49.1 Å². The summed E-state index contributed by atoms with van der Waals surface area (Å²) in [5.74, 6) is 1.06. The van der Waals surface area contributed by atoms with Crippen molar-refractivity contribution in [3.63, 3.8) is 0 Å². The van der Waals surface area contributed by atoms with Crippen LogP contribution in [-0.4, -0.2) is 67.5 Å². The molecule has 2 heterocycles. The van der Waals surface area contributed by atoms with Gasteiger partial charge in [0.15, 0.2) is 0 Å². The summed E-state index contributed by atoms with van der Waals surface area (Å²) < 4.78 is 11.7. The Kier molecular flexibility index (Phi) is 6.60. The lowest BCUT2D eigenvalue weighted by Gasteiger charge is -2.35. The SMILES string of the molecule is COc1ccc(NC(=O)CN2CCN(c3cnn(C)c(=O)c3Cl)CC2)c(OC)c1. The normalized spacial score (nSPS) is 14.6. The maximum Gasteiger partial charge on any atom is 0.287 e. The van der Waals surface area contributed by atoms with Crippen molar-refractivity contribution in [1.82, 2.24) is 14.7 Å². The van der Waals surface area contributed by atoms with E-state index in [1.807, 2.05) is 9.80 Å². The average molecular weight is 422 g/mol. The molecule has 2 aromatic rings. The second-order valence-corrected chi connectivity index (χ2v) is 7.03. The van der Waals surface area contributed by atoms with Crippen molar-refractivity contribution < 1.29 is 14.3 Å². The van der Waals surface area contributed by atoms with Crippen LogP contribution in [0.5, 0.6) is 11.5 Å². The van der Waals surface area contributed by atoms with Crippen LogP contribution in [0.15, 0.2) is 29.2 Å². The van der Waals surface area contributed by atoms with Crippen molar-refractivity contribution >= 4 is 28.9 Å². The van der Waals surface area contributed by atoms with Crippen molar-refractivity contribution in [1.29, 1.82) is 0 Å².